The number of alkyl halides is 1. The van der Waals surface area contributed by atoms with Crippen molar-refractivity contribution in [1.82, 2.24) is 0 Å². The van der Waals surface area contributed by atoms with E-state index in [9.17, 15) is 4.79 Å². The molecule has 2 heteroatoms. The summed E-state index contributed by atoms with van der Waals surface area (Å²) < 4.78 is 1.14. The van der Waals surface area contributed by atoms with Crippen LogP contribution in [0.25, 0.3) is 0 Å². The van der Waals surface area contributed by atoms with Gasteiger partial charge in [-0.25, -0.2) is 0 Å². The van der Waals surface area contributed by atoms with Crippen LogP contribution in [0.3, 0.4) is 0 Å². The predicted octanol–water partition coefficient (Wildman–Crippen LogP) is 2.82. The number of hydrogen-bond donors (Lipinski definition) is 0. The zero-order valence-corrected chi connectivity index (χ0v) is 9.85. The Balaban J connectivity index is 2.44. The first kappa shape index (κ1) is 8.97. The van der Waals surface area contributed by atoms with Gasteiger partial charge in [0.05, 0.1) is 0 Å². The van der Waals surface area contributed by atoms with Crippen LogP contribution in [-0.2, 0) is 4.79 Å². The van der Waals surface area contributed by atoms with E-state index >= 15 is 0 Å². The zero-order chi connectivity index (χ0) is 8.98. The molecule has 68 valence electrons. The van der Waals surface area contributed by atoms with Gasteiger partial charge in [-0.15, -0.1) is 0 Å². The maximum Gasteiger partial charge on any atom is 0.139 e. The van der Waals surface area contributed by atoms with Crippen LogP contribution in [0.2, 0.25) is 0 Å². The van der Waals surface area contributed by atoms with E-state index in [-0.39, 0.29) is 5.41 Å². The van der Waals surface area contributed by atoms with E-state index in [1.165, 1.54) is 6.42 Å². The molecule has 0 N–H and O–H groups in total. The number of ketones is 1. The minimum Gasteiger partial charge on any atom is -0.299 e. The quantitative estimate of drug-likeness (QED) is 0.532. The molecule has 0 aromatic rings. The first-order chi connectivity index (χ1) is 5.54. The molecule has 0 radical (unpaired) electrons. The molecular formula is C10H15IO. The van der Waals surface area contributed by atoms with Crippen LogP contribution in [0.4, 0.5) is 0 Å². The number of hydrogen-bond acceptors (Lipinski definition) is 1. The summed E-state index contributed by atoms with van der Waals surface area (Å²) >= 11 is 2.44. The van der Waals surface area contributed by atoms with E-state index in [2.05, 4.69) is 36.4 Å². The molecule has 0 unspecified atom stereocenters. The Hall–Kier alpha value is 0.400. The van der Waals surface area contributed by atoms with Gasteiger partial charge in [-0.05, 0) is 24.2 Å². The highest BCUT2D eigenvalue weighted by molar-refractivity contribution is 14.1. The van der Waals surface area contributed by atoms with Crippen LogP contribution in [0.15, 0.2) is 0 Å². The van der Waals surface area contributed by atoms with Crippen molar-refractivity contribution < 1.29 is 4.79 Å². The molecule has 0 spiro atoms. The molecule has 0 aliphatic heterocycles. The Morgan fingerprint density at radius 1 is 1.58 bits per heavy atom. The number of carbonyl (C=O) groups excluding carboxylic acids is 1. The van der Waals surface area contributed by atoms with E-state index < -0.39 is 0 Å². The summed E-state index contributed by atoms with van der Waals surface area (Å²) in [4.78, 5) is 11.7. The van der Waals surface area contributed by atoms with Gasteiger partial charge in [0.2, 0.25) is 0 Å². The smallest absolute Gasteiger partial charge is 0.139 e. The van der Waals surface area contributed by atoms with Crippen LogP contribution in [0.5, 0.6) is 0 Å². The van der Waals surface area contributed by atoms with Crippen molar-refractivity contribution in [2.45, 2.75) is 33.1 Å². The van der Waals surface area contributed by atoms with Gasteiger partial charge in [0.1, 0.15) is 5.78 Å². The lowest BCUT2D eigenvalue weighted by Crippen LogP contribution is -2.36. The van der Waals surface area contributed by atoms with Gasteiger partial charge >= 0.3 is 0 Å². The highest BCUT2D eigenvalue weighted by Crippen LogP contribution is 2.64. The van der Waals surface area contributed by atoms with Crippen LogP contribution < -0.4 is 0 Å². The van der Waals surface area contributed by atoms with Gasteiger partial charge in [-0.2, -0.15) is 0 Å². The van der Waals surface area contributed by atoms with Crippen molar-refractivity contribution in [1.29, 1.82) is 0 Å². The van der Waals surface area contributed by atoms with Gasteiger partial charge in [0, 0.05) is 16.3 Å². The second-order valence-corrected chi connectivity index (χ2v) is 5.51. The maximum absolute atomic E-state index is 11.7. The second kappa shape index (κ2) is 2.46. The fourth-order valence-electron chi connectivity index (χ4n) is 3.01. The van der Waals surface area contributed by atoms with Crippen LogP contribution >= 0.6 is 22.6 Å². The van der Waals surface area contributed by atoms with E-state index in [1.54, 1.807) is 0 Å². The van der Waals surface area contributed by atoms with Crippen molar-refractivity contribution in [2.75, 3.05) is 4.43 Å². The number of Topliss-reactive ketones (excluding diaryl/α,β-unsaturated/α-hetero) is 1. The average Bonchev–Trinajstić information content (AvgIpc) is 2.39. The summed E-state index contributed by atoms with van der Waals surface area (Å²) in [6, 6.07) is 0. The summed E-state index contributed by atoms with van der Waals surface area (Å²) in [5.74, 6) is 1.21. The average molecular weight is 278 g/mol. The number of halogens is 1. The van der Waals surface area contributed by atoms with E-state index in [0.717, 1.165) is 17.3 Å². The van der Waals surface area contributed by atoms with Gasteiger partial charge in [-0.1, -0.05) is 36.4 Å². The molecule has 0 aromatic heterocycles. The highest BCUT2D eigenvalue weighted by Gasteiger charge is 2.63. The monoisotopic (exact) mass is 278 g/mol. The summed E-state index contributed by atoms with van der Waals surface area (Å²) in [5.41, 5.74) is 0.337. The molecule has 0 heterocycles. The van der Waals surface area contributed by atoms with Crippen LogP contribution in [-0.4, -0.2) is 10.2 Å². The third-order valence-corrected chi connectivity index (χ3v) is 6.06. The molecule has 2 saturated carbocycles. The Bertz CT molecular complexity index is 238. The molecule has 0 saturated heterocycles. The lowest BCUT2D eigenvalue weighted by molar-refractivity contribution is -0.128. The second-order valence-electron chi connectivity index (χ2n) is 4.75. The largest absolute Gasteiger partial charge is 0.299 e. The van der Waals surface area contributed by atoms with Gasteiger partial charge < -0.3 is 0 Å². The predicted molar refractivity (Wildman–Crippen MR) is 57.4 cm³/mol. The Morgan fingerprint density at radius 2 is 2.25 bits per heavy atom. The highest BCUT2D eigenvalue weighted by atomic mass is 127. The molecule has 2 aliphatic carbocycles. The molecule has 2 fully saturated rings. The number of fused-ring (bicyclic) bond motifs is 2. The maximum atomic E-state index is 11.7. The molecule has 1 nitrogen and oxygen atoms in total. The Labute approximate surface area is 87.4 Å². The lowest BCUT2D eigenvalue weighted by Gasteiger charge is -2.34. The standard InChI is InChI=1S/C10H15IO/c1-9-4-3-7(5-8(9)12)10(9,2)6-11/h7H,3-6H2,1-2H3/t7-,9-,10-/m1/s1. The van der Waals surface area contributed by atoms with Gasteiger partial charge in [-0.3, -0.25) is 4.79 Å². The molecular weight excluding hydrogens is 263 g/mol. The van der Waals surface area contributed by atoms with Gasteiger partial charge in [0.15, 0.2) is 0 Å². The molecule has 0 amide bonds. The fourth-order valence-corrected chi connectivity index (χ4v) is 4.47. The summed E-state index contributed by atoms with van der Waals surface area (Å²) in [7, 11) is 0. The molecule has 12 heavy (non-hydrogen) atoms. The Morgan fingerprint density at radius 3 is 2.50 bits per heavy atom. The van der Waals surface area contributed by atoms with Crippen LogP contribution in [0.1, 0.15) is 33.1 Å². The first-order valence-electron chi connectivity index (χ1n) is 4.64. The topological polar surface area (TPSA) is 17.1 Å². The van der Waals surface area contributed by atoms with Crippen molar-refractivity contribution in [3.05, 3.63) is 0 Å². The fraction of sp³-hybridized carbons (Fsp3) is 0.900. The van der Waals surface area contributed by atoms with Crippen molar-refractivity contribution >= 4 is 28.4 Å². The third-order valence-electron chi connectivity index (χ3n) is 4.48. The SMILES string of the molecule is C[C@@]12CC[C@H](CC1=O)[C@@]2(C)CI. The van der Waals surface area contributed by atoms with Crippen molar-refractivity contribution in [3.8, 4) is 0 Å². The van der Waals surface area contributed by atoms with E-state index in [4.69, 9.17) is 0 Å². The molecule has 2 rings (SSSR count). The summed E-state index contributed by atoms with van der Waals surface area (Å²) in [6.07, 6.45) is 3.27. The van der Waals surface area contributed by atoms with E-state index in [1.807, 2.05) is 0 Å². The third kappa shape index (κ3) is 0.777. The molecule has 2 aliphatic rings. The Kier molecular flexibility index (Phi) is 1.84. The number of rotatable bonds is 1. The van der Waals surface area contributed by atoms with Gasteiger partial charge in [0.25, 0.3) is 0 Å². The zero-order valence-electron chi connectivity index (χ0n) is 7.69. The molecule has 2 bridgehead atoms. The van der Waals surface area contributed by atoms with Crippen molar-refractivity contribution in [3.63, 3.8) is 0 Å². The normalized spacial score (nSPS) is 51.9. The summed E-state index contributed by atoms with van der Waals surface area (Å²) in [6.45, 7) is 4.49. The molecule has 3 atom stereocenters. The number of carbonyl (C=O) groups is 1. The summed E-state index contributed by atoms with van der Waals surface area (Å²) in [5, 5.41) is 0. The molecule has 0 aromatic carbocycles. The van der Waals surface area contributed by atoms with Crippen LogP contribution in [0, 0.1) is 16.7 Å². The minimum atomic E-state index is 0.0266. The lowest BCUT2D eigenvalue weighted by atomic mass is 9.70. The van der Waals surface area contributed by atoms with E-state index in [0.29, 0.717) is 17.1 Å². The minimum absolute atomic E-state index is 0.0266. The first-order valence-corrected chi connectivity index (χ1v) is 6.16. The van der Waals surface area contributed by atoms with Crippen molar-refractivity contribution in [2.24, 2.45) is 16.7 Å².